The Morgan fingerprint density at radius 3 is 2.63 bits per heavy atom. The number of amides is 2. The molecular formula is C19H25N3O4S. The first-order valence-corrected chi connectivity index (χ1v) is 9.53. The van der Waals surface area contributed by atoms with Crippen LogP contribution in [0.3, 0.4) is 0 Å². The predicted molar refractivity (Wildman–Crippen MR) is 106 cm³/mol. The maximum atomic E-state index is 13.0. The molecule has 146 valence electrons. The van der Waals surface area contributed by atoms with Crippen molar-refractivity contribution in [1.82, 2.24) is 9.88 Å². The van der Waals surface area contributed by atoms with Crippen LogP contribution >= 0.6 is 11.3 Å². The molecule has 7 nitrogen and oxygen atoms in total. The van der Waals surface area contributed by atoms with Gasteiger partial charge in [0.1, 0.15) is 18.0 Å². The Morgan fingerprint density at radius 1 is 1.26 bits per heavy atom. The standard InChI is InChI=1S/C19H25N3O4S/c1-5-6-9-22(12-17(23)21-19-20-11-13(2)27-19)18(24)15-8-7-14(25-3)10-16(15)26-4/h7-8,10-11H,5-6,9,12H2,1-4H3,(H,20,21,23). The highest BCUT2D eigenvalue weighted by molar-refractivity contribution is 7.15. The fourth-order valence-corrected chi connectivity index (χ4v) is 3.17. The van der Waals surface area contributed by atoms with Crippen LogP contribution < -0.4 is 14.8 Å². The lowest BCUT2D eigenvalue weighted by Gasteiger charge is -2.23. The van der Waals surface area contributed by atoms with Crippen LogP contribution in [0.5, 0.6) is 11.5 Å². The maximum Gasteiger partial charge on any atom is 0.258 e. The largest absolute Gasteiger partial charge is 0.497 e. The van der Waals surface area contributed by atoms with Crippen molar-refractivity contribution >= 4 is 28.3 Å². The van der Waals surface area contributed by atoms with Gasteiger partial charge in [-0.05, 0) is 25.5 Å². The Kier molecular flexibility index (Phi) is 7.60. The van der Waals surface area contributed by atoms with Crippen molar-refractivity contribution < 1.29 is 19.1 Å². The highest BCUT2D eigenvalue weighted by Gasteiger charge is 2.22. The van der Waals surface area contributed by atoms with E-state index in [1.807, 2.05) is 13.8 Å². The van der Waals surface area contributed by atoms with Gasteiger partial charge in [0.2, 0.25) is 5.91 Å². The monoisotopic (exact) mass is 391 g/mol. The van der Waals surface area contributed by atoms with E-state index in [-0.39, 0.29) is 18.4 Å². The van der Waals surface area contributed by atoms with E-state index < -0.39 is 0 Å². The van der Waals surface area contributed by atoms with Gasteiger partial charge in [-0.15, -0.1) is 11.3 Å². The second-order valence-corrected chi connectivity index (χ2v) is 7.21. The van der Waals surface area contributed by atoms with Gasteiger partial charge in [-0.25, -0.2) is 4.98 Å². The molecule has 1 heterocycles. The second-order valence-electron chi connectivity index (χ2n) is 5.97. The first-order chi connectivity index (χ1) is 13.0. The lowest BCUT2D eigenvalue weighted by Crippen LogP contribution is -2.38. The molecule has 2 amide bonds. The summed E-state index contributed by atoms with van der Waals surface area (Å²) in [4.78, 5) is 32.1. The molecule has 2 rings (SSSR count). The fraction of sp³-hybridized carbons (Fsp3) is 0.421. The minimum absolute atomic E-state index is 0.0490. The van der Waals surface area contributed by atoms with E-state index in [9.17, 15) is 9.59 Å². The minimum atomic E-state index is -0.277. The minimum Gasteiger partial charge on any atom is -0.497 e. The number of anilines is 1. The van der Waals surface area contributed by atoms with Crippen molar-refractivity contribution in [2.75, 3.05) is 32.6 Å². The van der Waals surface area contributed by atoms with Gasteiger partial charge in [-0.2, -0.15) is 0 Å². The topological polar surface area (TPSA) is 80.8 Å². The van der Waals surface area contributed by atoms with E-state index in [0.29, 0.717) is 28.7 Å². The Labute approximate surface area is 163 Å². The molecular weight excluding hydrogens is 366 g/mol. The highest BCUT2D eigenvalue weighted by Crippen LogP contribution is 2.26. The Hall–Kier alpha value is -2.61. The molecule has 1 aromatic heterocycles. The lowest BCUT2D eigenvalue weighted by molar-refractivity contribution is -0.116. The zero-order valence-electron chi connectivity index (χ0n) is 16.1. The van der Waals surface area contributed by atoms with Crippen molar-refractivity contribution in [1.29, 1.82) is 0 Å². The lowest BCUT2D eigenvalue weighted by atomic mass is 10.1. The van der Waals surface area contributed by atoms with E-state index in [1.54, 1.807) is 31.5 Å². The van der Waals surface area contributed by atoms with Crippen LogP contribution in [0.1, 0.15) is 35.0 Å². The van der Waals surface area contributed by atoms with Crippen molar-refractivity contribution in [3.63, 3.8) is 0 Å². The van der Waals surface area contributed by atoms with Gasteiger partial charge < -0.3 is 19.7 Å². The van der Waals surface area contributed by atoms with Gasteiger partial charge in [0.15, 0.2) is 5.13 Å². The summed E-state index contributed by atoms with van der Waals surface area (Å²) in [5, 5.41) is 3.28. The smallest absolute Gasteiger partial charge is 0.258 e. The fourth-order valence-electron chi connectivity index (χ4n) is 2.49. The highest BCUT2D eigenvalue weighted by atomic mass is 32.1. The van der Waals surface area contributed by atoms with E-state index in [0.717, 1.165) is 17.7 Å². The van der Waals surface area contributed by atoms with Gasteiger partial charge in [0.25, 0.3) is 5.91 Å². The SMILES string of the molecule is CCCCN(CC(=O)Nc1ncc(C)s1)C(=O)c1ccc(OC)cc1OC. The molecule has 0 aliphatic heterocycles. The zero-order chi connectivity index (χ0) is 19.8. The van der Waals surface area contributed by atoms with Crippen molar-refractivity contribution in [2.24, 2.45) is 0 Å². The molecule has 0 aliphatic rings. The summed E-state index contributed by atoms with van der Waals surface area (Å²) in [6.07, 6.45) is 3.41. The molecule has 0 radical (unpaired) electrons. The molecule has 0 saturated carbocycles. The summed E-state index contributed by atoms with van der Waals surface area (Å²) in [6, 6.07) is 5.01. The summed E-state index contributed by atoms with van der Waals surface area (Å²) >= 11 is 1.40. The van der Waals surface area contributed by atoms with Crippen molar-refractivity contribution in [2.45, 2.75) is 26.7 Å². The molecule has 0 spiro atoms. The predicted octanol–water partition coefficient (Wildman–Crippen LogP) is 3.35. The average molecular weight is 391 g/mol. The van der Waals surface area contributed by atoms with Crippen LogP contribution in [0.25, 0.3) is 0 Å². The third-order valence-corrected chi connectivity index (χ3v) is 4.74. The van der Waals surface area contributed by atoms with Crippen LogP contribution in [-0.2, 0) is 4.79 Å². The number of hydrogen-bond acceptors (Lipinski definition) is 6. The number of hydrogen-bond donors (Lipinski definition) is 1. The van der Waals surface area contributed by atoms with E-state index in [1.165, 1.54) is 23.3 Å². The number of methoxy groups -OCH3 is 2. The first kappa shape index (κ1) is 20.7. The van der Waals surface area contributed by atoms with Crippen LogP contribution in [0.4, 0.5) is 5.13 Å². The number of nitrogens with zero attached hydrogens (tertiary/aromatic N) is 2. The molecule has 1 aromatic carbocycles. The zero-order valence-corrected chi connectivity index (χ0v) is 16.9. The molecule has 2 aromatic rings. The summed E-state index contributed by atoms with van der Waals surface area (Å²) in [5.74, 6) is 0.479. The summed E-state index contributed by atoms with van der Waals surface area (Å²) in [5.41, 5.74) is 0.396. The number of ether oxygens (including phenoxy) is 2. The number of rotatable bonds is 9. The van der Waals surface area contributed by atoms with E-state index in [2.05, 4.69) is 10.3 Å². The molecule has 27 heavy (non-hydrogen) atoms. The summed E-state index contributed by atoms with van der Waals surface area (Å²) in [6.45, 7) is 4.39. The quantitative estimate of drug-likeness (QED) is 0.709. The number of unbranched alkanes of at least 4 members (excludes halogenated alkanes) is 1. The van der Waals surface area contributed by atoms with Gasteiger partial charge >= 0.3 is 0 Å². The third kappa shape index (κ3) is 5.68. The molecule has 8 heteroatoms. The van der Waals surface area contributed by atoms with Gasteiger partial charge in [0, 0.05) is 23.7 Å². The number of aryl methyl sites for hydroxylation is 1. The van der Waals surface area contributed by atoms with Crippen LogP contribution in [0.2, 0.25) is 0 Å². The maximum absolute atomic E-state index is 13.0. The van der Waals surface area contributed by atoms with Crippen LogP contribution in [-0.4, -0.2) is 49.0 Å². The first-order valence-electron chi connectivity index (χ1n) is 8.72. The Balaban J connectivity index is 2.16. The number of aromatic nitrogens is 1. The Bertz CT molecular complexity index is 791. The van der Waals surface area contributed by atoms with Gasteiger partial charge in [0.05, 0.1) is 19.8 Å². The number of nitrogens with one attached hydrogen (secondary N) is 1. The molecule has 1 N–H and O–H groups in total. The average Bonchev–Trinajstić information content (AvgIpc) is 3.08. The molecule has 0 fully saturated rings. The summed E-state index contributed by atoms with van der Waals surface area (Å²) < 4.78 is 10.5. The Morgan fingerprint density at radius 2 is 2.04 bits per heavy atom. The molecule has 0 aliphatic carbocycles. The van der Waals surface area contributed by atoms with E-state index in [4.69, 9.17) is 9.47 Å². The number of carbonyl (C=O) groups excluding carboxylic acids is 2. The summed E-state index contributed by atoms with van der Waals surface area (Å²) in [7, 11) is 3.05. The number of thiazole rings is 1. The molecule has 0 unspecified atom stereocenters. The van der Waals surface area contributed by atoms with Crippen molar-refractivity contribution in [3.05, 3.63) is 34.8 Å². The normalized spacial score (nSPS) is 10.4. The second kappa shape index (κ2) is 9.91. The van der Waals surface area contributed by atoms with Gasteiger partial charge in [-0.3, -0.25) is 9.59 Å². The van der Waals surface area contributed by atoms with Crippen molar-refractivity contribution in [3.8, 4) is 11.5 Å². The molecule has 0 bridgehead atoms. The van der Waals surface area contributed by atoms with E-state index >= 15 is 0 Å². The van der Waals surface area contributed by atoms with Crippen LogP contribution in [0.15, 0.2) is 24.4 Å². The molecule has 0 saturated heterocycles. The third-order valence-electron chi connectivity index (χ3n) is 3.91. The number of carbonyl (C=O) groups is 2. The molecule has 0 atom stereocenters. The van der Waals surface area contributed by atoms with Gasteiger partial charge in [-0.1, -0.05) is 13.3 Å². The number of benzene rings is 1. The van der Waals surface area contributed by atoms with Crippen LogP contribution in [0, 0.1) is 6.92 Å².